The predicted octanol–water partition coefficient (Wildman–Crippen LogP) is 1.53. The summed E-state index contributed by atoms with van der Waals surface area (Å²) in [4.78, 5) is 5.92. The summed E-state index contributed by atoms with van der Waals surface area (Å²) >= 11 is 5.04. The van der Waals surface area contributed by atoms with Gasteiger partial charge in [-0.1, -0.05) is 6.07 Å². The molecule has 0 aromatic carbocycles. The molecule has 100 valence electrons. The average Bonchev–Trinajstić information content (AvgIpc) is 2.37. The fourth-order valence-corrected chi connectivity index (χ4v) is 1.65. The largest absolute Gasteiger partial charge is 0.376 e. The normalized spacial score (nSPS) is 10.6. The van der Waals surface area contributed by atoms with Crippen molar-refractivity contribution in [3.05, 3.63) is 24.4 Å². The van der Waals surface area contributed by atoms with E-state index in [4.69, 9.17) is 27.4 Å². The topological polar surface area (TPSA) is 60.6 Å². The maximum Gasteiger partial charge on any atom is 0.175 e. The van der Waals surface area contributed by atoms with Crippen molar-refractivity contribution < 1.29 is 9.47 Å². The van der Waals surface area contributed by atoms with E-state index >= 15 is 0 Å². The van der Waals surface area contributed by atoms with E-state index in [2.05, 4.69) is 4.98 Å². The molecular formula is C12H19N3O2S. The zero-order chi connectivity index (χ0) is 13.4. The number of nitrogens with zero attached hydrogens (tertiary/aromatic N) is 2. The average molecular weight is 269 g/mol. The highest BCUT2D eigenvalue weighted by molar-refractivity contribution is 7.80. The molecule has 1 aromatic rings. The Hall–Kier alpha value is -1.24. The Bertz CT molecular complexity index is 356. The number of aromatic nitrogens is 1. The maximum atomic E-state index is 5.72. The number of anilines is 1. The van der Waals surface area contributed by atoms with Crippen LogP contribution >= 0.6 is 12.2 Å². The number of ether oxygens (including phenoxy) is 2. The summed E-state index contributed by atoms with van der Waals surface area (Å²) in [6.45, 7) is 5.39. The number of hydrogen-bond donors (Lipinski definition) is 1. The monoisotopic (exact) mass is 269 g/mol. The van der Waals surface area contributed by atoms with Gasteiger partial charge in [0.2, 0.25) is 0 Å². The lowest BCUT2D eigenvalue weighted by molar-refractivity contribution is -0.128. The minimum absolute atomic E-state index is 0.248. The number of thiocarbonyl (C=S) groups is 1. The van der Waals surface area contributed by atoms with Crippen molar-refractivity contribution in [1.29, 1.82) is 0 Å². The van der Waals surface area contributed by atoms with E-state index in [9.17, 15) is 0 Å². The second kappa shape index (κ2) is 7.97. The molecule has 1 rings (SSSR count). The maximum absolute atomic E-state index is 5.72. The molecule has 0 saturated carbocycles. The highest BCUT2D eigenvalue weighted by atomic mass is 32.1. The predicted molar refractivity (Wildman–Crippen MR) is 75.4 cm³/mol. The van der Waals surface area contributed by atoms with Gasteiger partial charge in [-0.2, -0.15) is 0 Å². The van der Waals surface area contributed by atoms with Crippen molar-refractivity contribution in [2.24, 2.45) is 5.73 Å². The minimum atomic E-state index is -0.372. The second-order valence-corrected chi connectivity index (χ2v) is 3.90. The third kappa shape index (κ3) is 4.56. The molecule has 0 fully saturated rings. The molecule has 0 aliphatic heterocycles. The summed E-state index contributed by atoms with van der Waals surface area (Å²) in [5, 5.41) is 0.248. The van der Waals surface area contributed by atoms with Crippen LogP contribution < -0.4 is 10.6 Å². The highest BCUT2D eigenvalue weighted by Gasteiger charge is 2.17. The van der Waals surface area contributed by atoms with Gasteiger partial charge < -0.3 is 15.2 Å². The molecule has 0 atom stereocenters. The molecule has 0 spiro atoms. The molecule has 1 heterocycles. The van der Waals surface area contributed by atoms with Gasteiger partial charge in [0.05, 0.1) is 6.54 Å². The molecule has 0 radical (unpaired) electrons. The van der Waals surface area contributed by atoms with E-state index in [0.717, 1.165) is 0 Å². The molecule has 5 nitrogen and oxygen atoms in total. The smallest absolute Gasteiger partial charge is 0.175 e. The quantitative estimate of drug-likeness (QED) is 0.598. The van der Waals surface area contributed by atoms with Crippen LogP contribution in [0.1, 0.15) is 13.8 Å². The molecule has 2 N–H and O–H groups in total. The van der Waals surface area contributed by atoms with E-state index in [1.807, 2.05) is 32.0 Å². The lowest BCUT2D eigenvalue weighted by atomic mass is 10.4. The molecule has 6 heteroatoms. The first-order valence-electron chi connectivity index (χ1n) is 5.90. The van der Waals surface area contributed by atoms with Crippen molar-refractivity contribution in [3.63, 3.8) is 0 Å². The van der Waals surface area contributed by atoms with E-state index in [1.165, 1.54) is 0 Å². The number of nitrogens with two attached hydrogens (primary N) is 1. The zero-order valence-corrected chi connectivity index (χ0v) is 11.5. The van der Waals surface area contributed by atoms with Crippen LogP contribution in [0.15, 0.2) is 24.4 Å². The van der Waals surface area contributed by atoms with Crippen LogP contribution in [0.4, 0.5) is 5.82 Å². The molecular weight excluding hydrogens is 250 g/mol. The van der Waals surface area contributed by atoms with Gasteiger partial charge in [0.15, 0.2) is 11.4 Å². The van der Waals surface area contributed by atoms with E-state index in [-0.39, 0.29) is 11.4 Å². The first-order chi connectivity index (χ1) is 8.69. The van der Waals surface area contributed by atoms with Gasteiger partial charge >= 0.3 is 0 Å². The highest BCUT2D eigenvalue weighted by Crippen LogP contribution is 2.11. The Labute approximate surface area is 113 Å². The van der Waals surface area contributed by atoms with Crippen LogP contribution in [0.3, 0.4) is 0 Å². The van der Waals surface area contributed by atoms with Crippen LogP contribution in [-0.4, -0.2) is 36.1 Å². The fraction of sp³-hybridized carbons (Fsp3) is 0.500. The molecule has 0 aliphatic carbocycles. The summed E-state index contributed by atoms with van der Waals surface area (Å²) in [6.07, 6.45) is 1.32. The lowest BCUT2D eigenvalue weighted by Gasteiger charge is -2.26. The molecule has 0 amide bonds. The standard InChI is InChI=1S/C12H19N3O2S/c1-3-16-11(17-4-2)9-15(12(13)18)10-7-5-6-8-14-10/h5-8,11H,3-4,9H2,1-2H3,(H2,13,18). The SMILES string of the molecule is CCOC(CN(C(N)=S)c1ccccn1)OCC. The van der Waals surface area contributed by atoms with E-state index in [1.54, 1.807) is 11.1 Å². The fourth-order valence-electron chi connectivity index (χ4n) is 1.48. The van der Waals surface area contributed by atoms with Gasteiger partial charge in [0.25, 0.3) is 0 Å². The molecule has 0 unspecified atom stereocenters. The van der Waals surface area contributed by atoms with E-state index < -0.39 is 0 Å². The lowest BCUT2D eigenvalue weighted by Crippen LogP contribution is -2.43. The first kappa shape index (κ1) is 14.8. The molecule has 0 saturated heterocycles. The second-order valence-electron chi connectivity index (χ2n) is 3.48. The Balaban J connectivity index is 2.76. The number of rotatable bonds is 7. The third-order valence-corrected chi connectivity index (χ3v) is 2.45. The van der Waals surface area contributed by atoms with Crippen molar-refractivity contribution in [1.82, 2.24) is 4.98 Å². The zero-order valence-electron chi connectivity index (χ0n) is 10.7. The molecule has 0 aliphatic rings. The Morgan fingerprint density at radius 1 is 1.39 bits per heavy atom. The van der Waals surface area contributed by atoms with Crippen molar-refractivity contribution >= 4 is 23.1 Å². The van der Waals surface area contributed by atoms with Crippen molar-refractivity contribution in [3.8, 4) is 0 Å². The Kier molecular flexibility index (Phi) is 6.56. The Morgan fingerprint density at radius 3 is 2.50 bits per heavy atom. The van der Waals surface area contributed by atoms with Gasteiger partial charge in [0.1, 0.15) is 5.82 Å². The Morgan fingerprint density at radius 2 is 2.06 bits per heavy atom. The van der Waals surface area contributed by atoms with E-state index in [0.29, 0.717) is 25.6 Å². The van der Waals surface area contributed by atoms with Crippen molar-refractivity contribution in [2.45, 2.75) is 20.1 Å². The van der Waals surface area contributed by atoms with Gasteiger partial charge in [0, 0.05) is 19.4 Å². The molecule has 18 heavy (non-hydrogen) atoms. The molecule has 0 bridgehead atoms. The van der Waals surface area contributed by atoms with Crippen LogP contribution in [0, 0.1) is 0 Å². The third-order valence-electron chi connectivity index (χ3n) is 2.23. The number of pyridine rings is 1. The van der Waals surface area contributed by atoms with Crippen LogP contribution in [0.5, 0.6) is 0 Å². The summed E-state index contributed by atoms with van der Waals surface area (Å²) < 4.78 is 11.0. The van der Waals surface area contributed by atoms with Crippen LogP contribution in [0.25, 0.3) is 0 Å². The van der Waals surface area contributed by atoms with Gasteiger partial charge in [-0.05, 0) is 38.2 Å². The first-order valence-corrected chi connectivity index (χ1v) is 6.31. The minimum Gasteiger partial charge on any atom is -0.376 e. The van der Waals surface area contributed by atoms with Crippen LogP contribution in [0.2, 0.25) is 0 Å². The van der Waals surface area contributed by atoms with Crippen LogP contribution in [-0.2, 0) is 9.47 Å². The van der Waals surface area contributed by atoms with Crippen molar-refractivity contribution in [2.75, 3.05) is 24.7 Å². The summed E-state index contributed by atoms with van der Waals surface area (Å²) in [7, 11) is 0. The summed E-state index contributed by atoms with van der Waals surface area (Å²) in [5.74, 6) is 0.689. The van der Waals surface area contributed by atoms with Gasteiger partial charge in [-0.15, -0.1) is 0 Å². The van der Waals surface area contributed by atoms with Gasteiger partial charge in [-0.25, -0.2) is 4.98 Å². The summed E-state index contributed by atoms with van der Waals surface area (Å²) in [6, 6.07) is 5.56. The summed E-state index contributed by atoms with van der Waals surface area (Å²) in [5.41, 5.74) is 5.72. The molecule has 1 aromatic heterocycles. The van der Waals surface area contributed by atoms with Gasteiger partial charge in [-0.3, -0.25) is 4.90 Å². The number of hydrogen-bond acceptors (Lipinski definition) is 4.